The summed E-state index contributed by atoms with van der Waals surface area (Å²) in [6.07, 6.45) is 1.46. The maximum Gasteiger partial charge on any atom is 0.260 e. The predicted octanol–water partition coefficient (Wildman–Crippen LogP) is 0.651. The standard InChI is InChI=1S/C4H7NOS/c1-3-5-4(7)6-2/h3H,1H2,2H3,(H,5,7). The van der Waals surface area contributed by atoms with E-state index in [9.17, 15) is 0 Å². The monoisotopic (exact) mass is 117 g/mol. The van der Waals surface area contributed by atoms with Crippen LogP contribution in [-0.4, -0.2) is 12.3 Å². The number of methoxy groups -OCH3 is 1. The Morgan fingerprint density at radius 3 is 2.71 bits per heavy atom. The zero-order valence-electron chi connectivity index (χ0n) is 4.10. The number of hydrogen-bond acceptors (Lipinski definition) is 2. The van der Waals surface area contributed by atoms with Gasteiger partial charge in [0.1, 0.15) is 0 Å². The molecular formula is C4H7NOS. The van der Waals surface area contributed by atoms with Gasteiger partial charge in [0.2, 0.25) is 0 Å². The lowest BCUT2D eigenvalue weighted by atomic mass is 11.0. The Balaban J connectivity index is 3.17. The molecule has 0 saturated carbocycles. The lowest BCUT2D eigenvalue weighted by Crippen LogP contribution is -2.14. The third-order valence-corrected chi connectivity index (χ3v) is 0.690. The van der Waals surface area contributed by atoms with Gasteiger partial charge in [0.25, 0.3) is 5.17 Å². The minimum atomic E-state index is 0.343. The molecule has 40 valence electrons. The maximum atomic E-state index is 4.55. The summed E-state index contributed by atoms with van der Waals surface area (Å²) < 4.78 is 4.54. The maximum absolute atomic E-state index is 4.55. The van der Waals surface area contributed by atoms with Crippen molar-refractivity contribution in [1.29, 1.82) is 0 Å². The first-order chi connectivity index (χ1) is 3.31. The molecule has 2 nitrogen and oxygen atoms in total. The lowest BCUT2D eigenvalue weighted by molar-refractivity contribution is 0.400. The van der Waals surface area contributed by atoms with E-state index in [1.165, 1.54) is 13.3 Å². The molecular weight excluding hydrogens is 110 g/mol. The van der Waals surface area contributed by atoms with Crippen LogP contribution in [0.25, 0.3) is 0 Å². The van der Waals surface area contributed by atoms with E-state index in [0.29, 0.717) is 5.17 Å². The average molecular weight is 117 g/mol. The number of nitrogens with one attached hydrogen (secondary N) is 1. The van der Waals surface area contributed by atoms with Crippen molar-refractivity contribution in [3.63, 3.8) is 0 Å². The zero-order chi connectivity index (χ0) is 5.70. The summed E-state index contributed by atoms with van der Waals surface area (Å²) in [7, 11) is 1.50. The molecule has 0 aromatic heterocycles. The summed E-state index contributed by atoms with van der Waals surface area (Å²) in [5.74, 6) is 0. The highest BCUT2D eigenvalue weighted by Crippen LogP contribution is 1.68. The molecule has 0 aliphatic rings. The van der Waals surface area contributed by atoms with E-state index < -0.39 is 0 Å². The van der Waals surface area contributed by atoms with Gasteiger partial charge in [-0.2, -0.15) is 0 Å². The quantitative estimate of drug-likeness (QED) is 0.509. The lowest BCUT2D eigenvalue weighted by Gasteiger charge is -1.96. The van der Waals surface area contributed by atoms with Crippen molar-refractivity contribution in [3.8, 4) is 0 Å². The molecule has 0 rings (SSSR count). The van der Waals surface area contributed by atoms with Gasteiger partial charge < -0.3 is 10.1 Å². The summed E-state index contributed by atoms with van der Waals surface area (Å²) in [6.45, 7) is 3.37. The van der Waals surface area contributed by atoms with Crippen molar-refractivity contribution in [2.75, 3.05) is 7.11 Å². The van der Waals surface area contributed by atoms with Gasteiger partial charge in [0.05, 0.1) is 7.11 Å². The van der Waals surface area contributed by atoms with Crippen molar-refractivity contribution in [2.24, 2.45) is 0 Å². The summed E-state index contributed by atoms with van der Waals surface area (Å²) in [5.41, 5.74) is 0. The average Bonchev–Trinajstić information content (AvgIpc) is 1.68. The predicted molar refractivity (Wildman–Crippen MR) is 32.9 cm³/mol. The fourth-order valence-corrected chi connectivity index (χ4v) is 0.226. The second-order valence-electron chi connectivity index (χ2n) is 0.840. The summed E-state index contributed by atoms with van der Waals surface area (Å²) in [6, 6.07) is 0. The summed E-state index contributed by atoms with van der Waals surface area (Å²) >= 11 is 4.55. The molecule has 0 aromatic rings. The Hall–Kier alpha value is -0.570. The largest absolute Gasteiger partial charge is 0.474 e. The van der Waals surface area contributed by atoms with Crippen LogP contribution >= 0.6 is 12.2 Å². The molecule has 0 amide bonds. The fraction of sp³-hybridized carbons (Fsp3) is 0.250. The molecule has 0 saturated heterocycles. The number of thiocarbonyl (C=S) groups is 1. The second kappa shape index (κ2) is 3.61. The Bertz CT molecular complexity index is 81.8. The van der Waals surface area contributed by atoms with Crippen molar-refractivity contribution in [2.45, 2.75) is 0 Å². The molecule has 1 N–H and O–H groups in total. The first-order valence-corrected chi connectivity index (χ1v) is 2.17. The van der Waals surface area contributed by atoms with Crippen LogP contribution in [0.2, 0.25) is 0 Å². The topological polar surface area (TPSA) is 21.3 Å². The van der Waals surface area contributed by atoms with Crippen molar-refractivity contribution in [3.05, 3.63) is 12.8 Å². The van der Waals surface area contributed by atoms with Gasteiger partial charge in [-0.15, -0.1) is 0 Å². The normalized spacial score (nSPS) is 7.00. The van der Waals surface area contributed by atoms with Crippen LogP contribution in [0.4, 0.5) is 0 Å². The molecule has 3 heteroatoms. The molecule has 0 spiro atoms. The molecule has 0 aliphatic heterocycles. The molecule has 0 atom stereocenters. The van der Waals surface area contributed by atoms with Gasteiger partial charge in [-0.1, -0.05) is 6.58 Å². The van der Waals surface area contributed by atoms with Gasteiger partial charge in [-0.3, -0.25) is 0 Å². The zero-order valence-corrected chi connectivity index (χ0v) is 4.92. The molecule has 0 aliphatic carbocycles. The Labute approximate surface area is 48.2 Å². The van der Waals surface area contributed by atoms with E-state index in [1.807, 2.05) is 0 Å². The Morgan fingerprint density at radius 1 is 2.00 bits per heavy atom. The van der Waals surface area contributed by atoms with Crippen LogP contribution in [-0.2, 0) is 4.74 Å². The van der Waals surface area contributed by atoms with Crippen LogP contribution in [0.5, 0.6) is 0 Å². The molecule has 0 bridgehead atoms. The number of ether oxygens (including phenoxy) is 1. The first-order valence-electron chi connectivity index (χ1n) is 1.76. The van der Waals surface area contributed by atoms with Crippen LogP contribution in [0, 0.1) is 0 Å². The fourth-order valence-electron chi connectivity index (χ4n) is 0.142. The summed E-state index contributed by atoms with van der Waals surface area (Å²) in [4.78, 5) is 0. The third kappa shape index (κ3) is 3.26. The molecule has 0 unspecified atom stereocenters. The summed E-state index contributed by atoms with van der Waals surface area (Å²) in [5, 5.41) is 2.91. The highest BCUT2D eigenvalue weighted by atomic mass is 32.1. The van der Waals surface area contributed by atoms with Crippen molar-refractivity contribution >= 4 is 17.4 Å². The minimum absolute atomic E-state index is 0.343. The molecule has 0 radical (unpaired) electrons. The number of rotatable bonds is 1. The van der Waals surface area contributed by atoms with E-state index in [2.05, 4.69) is 28.9 Å². The van der Waals surface area contributed by atoms with Crippen LogP contribution in [0.3, 0.4) is 0 Å². The molecule has 0 heterocycles. The van der Waals surface area contributed by atoms with Crippen LogP contribution < -0.4 is 5.32 Å². The van der Waals surface area contributed by atoms with Gasteiger partial charge in [0.15, 0.2) is 0 Å². The van der Waals surface area contributed by atoms with E-state index in [1.54, 1.807) is 0 Å². The van der Waals surface area contributed by atoms with Gasteiger partial charge in [-0.25, -0.2) is 0 Å². The van der Waals surface area contributed by atoms with Crippen LogP contribution in [0.1, 0.15) is 0 Å². The van der Waals surface area contributed by atoms with E-state index in [0.717, 1.165) is 0 Å². The highest BCUT2D eigenvalue weighted by molar-refractivity contribution is 7.80. The smallest absolute Gasteiger partial charge is 0.260 e. The van der Waals surface area contributed by atoms with Gasteiger partial charge in [-0.05, 0) is 18.4 Å². The molecule has 7 heavy (non-hydrogen) atoms. The Kier molecular flexibility index (Phi) is 3.32. The van der Waals surface area contributed by atoms with Gasteiger partial charge in [0, 0.05) is 0 Å². The first kappa shape index (κ1) is 6.43. The van der Waals surface area contributed by atoms with E-state index >= 15 is 0 Å². The highest BCUT2D eigenvalue weighted by Gasteiger charge is 1.80. The number of hydrogen-bond donors (Lipinski definition) is 1. The molecule has 0 aromatic carbocycles. The van der Waals surface area contributed by atoms with Crippen molar-refractivity contribution < 1.29 is 4.74 Å². The SMILES string of the molecule is C=CNC(=S)OC. The Morgan fingerprint density at radius 2 is 2.57 bits per heavy atom. The van der Waals surface area contributed by atoms with Crippen molar-refractivity contribution in [1.82, 2.24) is 5.32 Å². The minimum Gasteiger partial charge on any atom is -0.474 e. The second-order valence-corrected chi connectivity index (χ2v) is 1.21. The van der Waals surface area contributed by atoms with E-state index in [4.69, 9.17) is 0 Å². The van der Waals surface area contributed by atoms with Gasteiger partial charge >= 0.3 is 0 Å². The van der Waals surface area contributed by atoms with Crippen LogP contribution in [0.15, 0.2) is 12.8 Å². The molecule has 0 fully saturated rings. The van der Waals surface area contributed by atoms with E-state index in [-0.39, 0.29) is 0 Å². The third-order valence-electron chi connectivity index (χ3n) is 0.405.